The Hall–Kier alpha value is -2.10. The molecule has 2 aromatic rings. The number of nitrogens with zero attached hydrogens (tertiary/aromatic N) is 1. The van der Waals surface area contributed by atoms with Crippen LogP contribution in [0.3, 0.4) is 0 Å². The van der Waals surface area contributed by atoms with Crippen molar-refractivity contribution in [1.29, 1.82) is 0 Å². The average molecular weight is 199 g/mol. The molecular formula is C11H9N3O. The van der Waals surface area contributed by atoms with Crippen molar-refractivity contribution in [2.75, 3.05) is 5.32 Å². The lowest BCUT2D eigenvalue weighted by Gasteiger charge is -2.02. The first-order valence-corrected chi connectivity index (χ1v) is 4.71. The summed E-state index contributed by atoms with van der Waals surface area (Å²) < 4.78 is 0. The number of aromatic nitrogens is 1. The summed E-state index contributed by atoms with van der Waals surface area (Å²) in [6.07, 6.45) is 1.73. The van der Waals surface area contributed by atoms with Crippen LogP contribution in [0.4, 0.5) is 5.82 Å². The Kier molecular flexibility index (Phi) is 1.48. The molecule has 0 aliphatic carbocycles. The Labute approximate surface area is 86.1 Å². The number of carbonyl (C=O) groups is 1. The number of primary amides is 1. The van der Waals surface area contributed by atoms with E-state index in [-0.39, 0.29) is 0 Å². The van der Waals surface area contributed by atoms with Crippen molar-refractivity contribution in [3.05, 3.63) is 35.5 Å². The van der Waals surface area contributed by atoms with Gasteiger partial charge in [-0.2, -0.15) is 0 Å². The molecule has 1 amide bonds. The van der Waals surface area contributed by atoms with E-state index in [1.165, 1.54) is 0 Å². The van der Waals surface area contributed by atoms with Crippen LogP contribution in [0.15, 0.2) is 24.4 Å². The minimum absolute atomic E-state index is 0.390. The van der Waals surface area contributed by atoms with Gasteiger partial charge in [0, 0.05) is 23.7 Å². The van der Waals surface area contributed by atoms with Crippen molar-refractivity contribution in [1.82, 2.24) is 4.98 Å². The fraction of sp³-hybridized carbons (Fsp3) is 0.0909. The van der Waals surface area contributed by atoms with Gasteiger partial charge in [-0.3, -0.25) is 4.79 Å². The van der Waals surface area contributed by atoms with Crippen molar-refractivity contribution < 1.29 is 4.79 Å². The topological polar surface area (TPSA) is 68.0 Å². The van der Waals surface area contributed by atoms with Crippen molar-refractivity contribution in [3.63, 3.8) is 0 Å². The van der Waals surface area contributed by atoms with Gasteiger partial charge in [-0.25, -0.2) is 4.98 Å². The van der Waals surface area contributed by atoms with Crippen molar-refractivity contribution in [2.24, 2.45) is 5.73 Å². The van der Waals surface area contributed by atoms with E-state index >= 15 is 0 Å². The van der Waals surface area contributed by atoms with Crippen LogP contribution in [0.5, 0.6) is 0 Å². The fourth-order valence-corrected chi connectivity index (χ4v) is 2.00. The first-order chi connectivity index (χ1) is 7.25. The van der Waals surface area contributed by atoms with Gasteiger partial charge < -0.3 is 11.1 Å². The standard InChI is InChI=1S/C11H9N3O/c12-10(15)7-3-6-1-2-13-11-9(6)8(4-7)5-14-11/h1-4H,5H2,(H2,12,15)(H,13,14). The molecule has 4 heteroatoms. The zero-order valence-electron chi connectivity index (χ0n) is 7.95. The molecule has 4 nitrogen and oxygen atoms in total. The molecule has 3 N–H and O–H groups in total. The van der Waals surface area contributed by atoms with E-state index in [4.69, 9.17) is 5.73 Å². The van der Waals surface area contributed by atoms with Gasteiger partial charge >= 0.3 is 0 Å². The molecule has 0 radical (unpaired) electrons. The molecule has 15 heavy (non-hydrogen) atoms. The summed E-state index contributed by atoms with van der Waals surface area (Å²) in [4.78, 5) is 15.3. The van der Waals surface area contributed by atoms with Gasteiger partial charge in [-0.15, -0.1) is 0 Å². The number of amides is 1. The van der Waals surface area contributed by atoms with Gasteiger partial charge in [0.15, 0.2) is 0 Å². The maximum atomic E-state index is 11.1. The Morgan fingerprint density at radius 2 is 2.33 bits per heavy atom. The van der Waals surface area contributed by atoms with Crippen molar-refractivity contribution in [3.8, 4) is 0 Å². The highest BCUT2D eigenvalue weighted by Gasteiger charge is 2.16. The molecule has 1 aromatic carbocycles. The van der Waals surface area contributed by atoms with Crippen molar-refractivity contribution in [2.45, 2.75) is 6.54 Å². The molecule has 74 valence electrons. The van der Waals surface area contributed by atoms with Crippen LogP contribution in [0.1, 0.15) is 15.9 Å². The molecule has 3 rings (SSSR count). The fourth-order valence-electron chi connectivity index (χ4n) is 2.00. The number of pyridine rings is 1. The third kappa shape index (κ3) is 1.08. The molecule has 0 atom stereocenters. The summed E-state index contributed by atoms with van der Waals surface area (Å²) in [5.41, 5.74) is 6.91. The summed E-state index contributed by atoms with van der Waals surface area (Å²) in [6, 6.07) is 5.52. The summed E-state index contributed by atoms with van der Waals surface area (Å²) in [5, 5.41) is 5.29. The number of rotatable bonds is 1. The number of nitrogens with one attached hydrogen (secondary N) is 1. The van der Waals surface area contributed by atoms with E-state index < -0.39 is 5.91 Å². The predicted molar refractivity (Wildman–Crippen MR) is 57.6 cm³/mol. The quantitative estimate of drug-likeness (QED) is 0.726. The molecule has 0 saturated carbocycles. The predicted octanol–water partition coefficient (Wildman–Crippen LogP) is 1.26. The molecule has 0 bridgehead atoms. The van der Waals surface area contributed by atoms with Crippen LogP contribution in [-0.2, 0) is 6.54 Å². The summed E-state index contributed by atoms with van der Waals surface area (Å²) in [7, 11) is 0. The van der Waals surface area contributed by atoms with Gasteiger partial charge in [0.1, 0.15) is 5.82 Å². The van der Waals surface area contributed by atoms with Gasteiger partial charge in [0.25, 0.3) is 0 Å². The lowest BCUT2D eigenvalue weighted by molar-refractivity contribution is 0.100. The molecule has 0 fully saturated rings. The Morgan fingerprint density at radius 1 is 1.47 bits per heavy atom. The number of hydrogen-bond acceptors (Lipinski definition) is 3. The van der Waals surface area contributed by atoms with E-state index in [2.05, 4.69) is 10.3 Å². The minimum Gasteiger partial charge on any atom is -0.366 e. The Balaban J connectivity index is 2.41. The zero-order chi connectivity index (χ0) is 10.4. The average Bonchev–Trinajstić information content (AvgIpc) is 2.64. The van der Waals surface area contributed by atoms with Crippen LogP contribution < -0.4 is 11.1 Å². The van der Waals surface area contributed by atoms with Gasteiger partial charge in [-0.1, -0.05) is 0 Å². The molecular weight excluding hydrogens is 190 g/mol. The summed E-state index contributed by atoms with van der Waals surface area (Å²) in [5.74, 6) is 0.497. The maximum Gasteiger partial charge on any atom is 0.248 e. The second-order valence-electron chi connectivity index (χ2n) is 3.61. The van der Waals surface area contributed by atoms with E-state index in [0.717, 1.165) is 22.2 Å². The highest BCUT2D eigenvalue weighted by atomic mass is 16.1. The van der Waals surface area contributed by atoms with Crippen molar-refractivity contribution >= 4 is 22.5 Å². The second kappa shape index (κ2) is 2.70. The summed E-state index contributed by atoms with van der Waals surface area (Å²) in [6.45, 7) is 0.712. The molecule has 2 heterocycles. The number of anilines is 1. The maximum absolute atomic E-state index is 11.1. The highest BCUT2D eigenvalue weighted by Crippen LogP contribution is 2.31. The molecule has 1 aromatic heterocycles. The lowest BCUT2D eigenvalue weighted by Crippen LogP contribution is -2.11. The third-order valence-corrected chi connectivity index (χ3v) is 2.68. The van der Waals surface area contributed by atoms with Crippen LogP contribution >= 0.6 is 0 Å². The van der Waals surface area contributed by atoms with E-state index in [0.29, 0.717) is 12.1 Å². The highest BCUT2D eigenvalue weighted by molar-refractivity contribution is 6.03. The molecule has 0 unspecified atom stereocenters. The smallest absolute Gasteiger partial charge is 0.248 e. The number of nitrogens with two attached hydrogens (primary N) is 1. The van der Waals surface area contributed by atoms with E-state index in [9.17, 15) is 4.79 Å². The van der Waals surface area contributed by atoms with Crippen LogP contribution in [0.2, 0.25) is 0 Å². The zero-order valence-corrected chi connectivity index (χ0v) is 7.95. The van der Waals surface area contributed by atoms with Gasteiger partial charge in [0.05, 0.1) is 0 Å². The van der Waals surface area contributed by atoms with Gasteiger partial charge in [-0.05, 0) is 29.1 Å². The van der Waals surface area contributed by atoms with Crippen LogP contribution in [0, 0.1) is 0 Å². The largest absolute Gasteiger partial charge is 0.366 e. The first-order valence-electron chi connectivity index (χ1n) is 4.71. The van der Waals surface area contributed by atoms with E-state index in [1.807, 2.05) is 12.1 Å². The second-order valence-corrected chi connectivity index (χ2v) is 3.61. The normalized spacial score (nSPS) is 12.8. The summed E-state index contributed by atoms with van der Waals surface area (Å²) >= 11 is 0. The van der Waals surface area contributed by atoms with Gasteiger partial charge in [0.2, 0.25) is 5.91 Å². The Morgan fingerprint density at radius 3 is 3.13 bits per heavy atom. The number of hydrogen-bond donors (Lipinski definition) is 2. The number of benzene rings is 1. The molecule has 0 spiro atoms. The third-order valence-electron chi connectivity index (χ3n) is 2.68. The monoisotopic (exact) mass is 199 g/mol. The van der Waals surface area contributed by atoms with E-state index in [1.54, 1.807) is 12.3 Å². The number of carbonyl (C=O) groups excluding carboxylic acids is 1. The molecule has 1 aliphatic heterocycles. The molecule has 0 saturated heterocycles. The first kappa shape index (κ1) is 8.23. The molecule has 1 aliphatic rings. The van der Waals surface area contributed by atoms with Crippen LogP contribution in [-0.4, -0.2) is 10.9 Å². The lowest BCUT2D eigenvalue weighted by atomic mass is 10.0. The van der Waals surface area contributed by atoms with Crippen LogP contribution in [0.25, 0.3) is 10.8 Å². The minimum atomic E-state index is -0.390. The Bertz CT molecular complexity index is 577. The SMILES string of the molecule is NC(=O)c1cc2c3c(nccc3c1)NC2.